The molecule has 0 radical (unpaired) electrons. The highest BCUT2D eigenvalue weighted by Crippen LogP contribution is 2.34. The minimum atomic E-state index is -1.04. The van der Waals surface area contributed by atoms with Crippen molar-refractivity contribution in [2.75, 3.05) is 5.32 Å². The molecule has 1 N–H and O–H groups in total. The molecular weight excluding hydrogens is 308 g/mol. The third-order valence-corrected chi connectivity index (χ3v) is 4.05. The van der Waals surface area contributed by atoms with Crippen LogP contribution in [-0.4, -0.2) is 28.6 Å². The number of hydrogen-bond donors (Lipinski definition) is 1. The molecule has 1 aliphatic heterocycles. The molecule has 0 saturated heterocycles. The largest absolute Gasteiger partial charge is 0.420 e. The van der Waals surface area contributed by atoms with Gasteiger partial charge in [-0.2, -0.15) is 0 Å². The van der Waals surface area contributed by atoms with Crippen LogP contribution in [-0.2, 0) is 9.53 Å². The number of carbonyl (C=O) groups excluding carboxylic acids is 3. The fourth-order valence-electron chi connectivity index (χ4n) is 2.91. The standard InChI is InChI=1S/C18H12N2O4/c1-9-6-7-19-12(8-9)20-14-13-15(21)10-4-2-3-5-11(10)16(22)17(13)24-18(14)23/h2-8,14H,1H3,(H,19,20). The van der Waals surface area contributed by atoms with E-state index in [9.17, 15) is 14.4 Å². The number of carbonyl (C=O) groups is 3. The number of ketones is 2. The molecule has 2 aliphatic rings. The molecular formula is C18H12N2O4. The summed E-state index contributed by atoms with van der Waals surface area (Å²) in [6.45, 7) is 1.88. The fraction of sp³-hybridized carbons (Fsp3) is 0.111. The van der Waals surface area contributed by atoms with Gasteiger partial charge in [0.05, 0.1) is 5.57 Å². The normalized spacial score (nSPS) is 19.0. The molecule has 0 spiro atoms. The van der Waals surface area contributed by atoms with Crippen molar-refractivity contribution in [2.24, 2.45) is 0 Å². The lowest BCUT2D eigenvalue weighted by Crippen LogP contribution is -2.32. The number of ether oxygens (including phenoxy) is 1. The minimum absolute atomic E-state index is 0.0482. The first-order valence-corrected chi connectivity index (χ1v) is 7.40. The molecule has 1 atom stereocenters. The molecule has 1 unspecified atom stereocenters. The van der Waals surface area contributed by atoms with Gasteiger partial charge >= 0.3 is 5.97 Å². The van der Waals surface area contributed by atoms with Gasteiger partial charge in [-0.3, -0.25) is 9.59 Å². The molecule has 0 bridgehead atoms. The molecule has 4 rings (SSSR count). The van der Waals surface area contributed by atoms with Crippen molar-refractivity contribution in [2.45, 2.75) is 13.0 Å². The average Bonchev–Trinajstić information content (AvgIpc) is 2.90. The lowest BCUT2D eigenvalue weighted by atomic mass is 9.86. The highest BCUT2D eigenvalue weighted by molar-refractivity contribution is 6.30. The van der Waals surface area contributed by atoms with Crippen LogP contribution in [0.2, 0.25) is 0 Å². The van der Waals surface area contributed by atoms with Crippen LogP contribution in [0.4, 0.5) is 5.82 Å². The number of Topliss-reactive ketones (excluding diaryl/α,β-unsaturated/α-hetero) is 2. The van der Waals surface area contributed by atoms with Crippen molar-refractivity contribution in [3.8, 4) is 0 Å². The van der Waals surface area contributed by atoms with Crippen molar-refractivity contribution in [3.05, 3.63) is 70.6 Å². The van der Waals surface area contributed by atoms with Gasteiger partial charge in [0.2, 0.25) is 5.78 Å². The second-order valence-corrected chi connectivity index (χ2v) is 5.66. The number of aromatic nitrogens is 1. The van der Waals surface area contributed by atoms with Gasteiger partial charge in [0.1, 0.15) is 5.82 Å². The first kappa shape index (κ1) is 14.3. The number of rotatable bonds is 2. The number of fused-ring (bicyclic) bond motifs is 1. The summed E-state index contributed by atoms with van der Waals surface area (Å²) in [6.07, 6.45) is 1.59. The number of esters is 1. The number of nitrogens with one attached hydrogen (secondary N) is 1. The summed E-state index contributed by atoms with van der Waals surface area (Å²) >= 11 is 0. The molecule has 6 heteroatoms. The Morgan fingerprint density at radius 2 is 1.75 bits per heavy atom. The third kappa shape index (κ3) is 2.04. The summed E-state index contributed by atoms with van der Waals surface area (Å²) in [5.41, 5.74) is 1.53. The SMILES string of the molecule is Cc1ccnc(NC2C(=O)OC3=C2C(=O)c2ccccc2C3=O)c1. The number of allylic oxidation sites excluding steroid dienone is 1. The maximum absolute atomic E-state index is 12.8. The number of pyridine rings is 1. The smallest absolute Gasteiger partial charge is 0.339 e. The Kier molecular flexibility index (Phi) is 3.06. The molecule has 24 heavy (non-hydrogen) atoms. The van der Waals surface area contributed by atoms with Gasteiger partial charge in [0.15, 0.2) is 17.6 Å². The highest BCUT2D eigenvalue weighted by atomic mass is 16.5. The monoisotopic (exact) mass is 320 g/mol. The van der Waals surface area contributed by atoms with Gasteiger partial charge < -0.3 is 10.1 Å². The summed E-state index contributed by atoms with van der Waals surface area (Å²) in [5, 5.41) is 2.90. The number of anilines is 1. The zero-order chi connectivity index (χ0) is 16.8. The minimum Gasteiger partial charge on any atom is -0.420 e. The van der Waals surface area contributed by atoms with Crippen LogP contribution in [0.15, 0.2) is 53.9 Å². The Bertz CT molecular complexity index is 946. The third-order valence-electron chi connectivity index (χ3n) is 4.05. The maximum atomic E-state index is 12.8. The van der Waals surface area contributed by atoms with Crippen molar-refractivity contribution >= 4 is 23.4 Å². The lowest BCUT2D eigenvalue weighted by Gasteiger charge is -2.17. The summed E-state index contributed by atoms with van der Waals surface area (Å²) < 4.78 is 5.10. The fourth-order valence-corrected chi connectivity index (χ4v) is 2.91. The molecule has 6 nitrogen and oxygen atoms in total. The van der Waals surface area contributed by atoms with E-state index in [1.54, 1.807) is 36.5 Å². The van der Waals surface area contributed by atoms with E-state index in [0.29, 0.717) is 5.82 Å². The predicted octanol–water partition coefficient (Wildman–Crippen LogP) is 2.06. The Morgan fingerprint density at radius 1 is 1.04 bits per heavy atom. The average molecular weight is 320 g/mol. The van der Waals surface area contributed by atoms with E-state index in [-0.39, 0.29) is 28.2 Å². The molecule has 1 aliphatic carbocycles. The number of benzene rings is 1. The van der Waals surface area contributed by atoms with E-state index in [1.807, 2.05) is 13.0 Å². The van der Waals surface area contributed by atoms with Gasteiger partial charge in [0, 0.05) is 17.3 Å². The molecule has 2 heterocycles. The van der Waals surface area contributed by atoms with Gasteiger partial charge in [-0.25, -0.2) is 9.78 Å². The first-order chi connectivity index (χ1) is 11.6. The van der Waals surface area contributed by atoms with Crippen molar-refractivity contribution in [3.63, 3.8) is 0 Å². The second-order valence-electron chi connectivity index (χ2n) is 5.66. The summed E-state index contributed by atoms with van der Waals surface area (Å²) in [4.78, 5) is 41.6. The maximum Gasteiger partial charge on any atom is 0.339 e. The summed E-state index contributed by atoms with van der Waals surface area (Å²) in [6, 6.07) is 8.99. The van der Waals surface area contributed by atoms with Crippen LogP contribution in [0.25, 0.3) is 0 Å². The van der Waals surface area contributed by atoms with Crippen molar-refractivity contribution in [1.82, 2.24) is 4.98 Å². The van der Waals surface area contributed by atoms with Gasteiger partial charge in [-0.15, -0.1) is 0 Å². The molecule has 118 valence electrons. The van der Waals surface area contributed by atoms with Crippen LogP contribution in [0.5, 0.6) is 0 Å². The Morgan fingerprint density at radius 3 is 2.46 bits per heavy atom. The highest BCUT2D eigenvalue weighted by Gasteiger charge is 2.46. The van der Waals surface area contributed by atoms with Crippen LogP contribution in [0.1, 0.15) is 26.3 Å². The van der Waals surface area contributed by atoms with E-state index in [2.05, 4.69) is 10.3 Å². The Balaban J connectivity index is 1.77. The topological polar surface area (TPSA) is 85.4 Å². The summed E-state index contributed by atoms with van der Waals surface area (Å²) in [7, 11) is 0. The molecule has 0 saturated carbocycles. The predicted molar refractivity (Wildman–Crippen MR) is 84.6 cm³/mol. The van der Waals surface area contributed by atoms with Crippen molar-refractivity contribution in [1.29, 1.82) is 0 Å². The van der Waals surface area contributed by atoms with E-state index in [4.69, 9.17) is 4.74 Å². The number of nitrogens with zero attached hydrogens (tertiary/aromatic N) is 1. The van der Waals surface area contributed by atoms with Crippen molar-refractivity contribution < 1.29 is 19.1 Å². The zero-order valence-electron chi connectivity index (χ0n) is 12.7. The molecule has 0 amide bonds. The molecule has 1 aromatic carbocycles. The van der Waals surface area contributed by atoms with Crippen LogP contribution in [0.3, 0.4) is 0 Å². The quantitative estimate of drug-likeness (QED) is 0.853. The van der Waals surface area contributed by atoms with Crippen LogP contribution >= 0.6 is 0 Å². The molecule has 2 aromatic rings. The van der Waals surface area contributed by atoms with Crippen LogP contribution in [0, 0.1) is 6.92 Å². The van der Waals surface area contributed by atoms with E-state index in [1.165, 1.54) is 0 Å². The molecule has 1 aromatic heterocycles. The van der Waals surface area contributed by atoms with E-state index < -0.39 is 17.8 Å². The number of aryl methyl sites for hydroxylation is 1. The zero-order valence-corrected chi connectivity index (χ0v) is 12.7. The lowest BCUT2D eigenvalue weighted by molar-refractivity contribution is -0.136. The Labute approximate surface area is 137 Å². The summed E-state index contributed by atoms with van der Waals surface area (Å²) in [5.74, 6) is -1.26. The van der Waals surface area contributed by atoms with Gasteiger partial charge in [-0.1, -0.05) is 24.3 Å². The van der Waals surface area contributed by atoms with Crippen LogP contribution < -0.4 is 5.32 Å². The Hall–Kier alpha value is -3.28. The van der Waals surface area contributed by atoms with E-state index in [0.717, 1.165) is 5.56 Å². The number of hydrogen-bond acceptors (Lipinski definition) is 6. The molecule has 0 fully saturated rings. The first-order valence-electron chi connectivity index (χ1n) is 7.40. The van der Waals surface area contributed by atoms with E-state index >= 15 is 0 Å². The second kappa shape index (κ2) is 5.13. The van der Waals surface area contributed by atoms with Gasteiger partial charge in [0.25, 0.3) is 0 Å². The van der Waals surface area contributed by atoms with Gasteiger partial charge in [-0.05, 0) is 24.6 Å².